The molecule has 3 heterocycles. The van der Waals surface area contributed by atoms with E-state index in [1.54, 1.807) is 6.08 Å². The first kappa shape index (κ1) is 63.8. The molecule has 0 aliphatic carbocycles. The monoisotopic (exact) mass is 1020 g/mol. The summed E-state index contributed by atoms with van der Waals surface area (Å²) in [6.07, 6.45) is 6.43. The predicted molar refractivity (Wildman–Crippen MR) is 263 cm³/mol. The Kier molecular flexibility index (Phi) is 33.5. The predicted octanol–water partition coefficient (Wildman–Crippen LogP) is 3.04. The average molecular weight is 1020 g/mol. The Morgan fingerprint density at radius 2 is 0.873 bits per heavy atom. The first-order valence-electron chi connectivity index (χ1n) is 27.4. The molecule has 3 rings (SSSR count). The van der Waals surface area contributed by atoms with E-state index in [2.05, 4.69) is 19.2 Å². The molecule has 0 bridgehead atoms. The summed E-state index contributed by atoms with van der Waals surface area (Å²) in [7, 11) is 0. The first-order chi connectivity index (χ1) is 34.3. The van der Waals surface area contributed by atoms with Gasteiger partial charge in [-0.15, -0.1) is 0 Å². The summed E-state index contributed by atoms with van der Waals surface area (Å²) in [5.41, 5.74) is 0. The molecule has 418 valence electrons. The van der Waals surface area contributed by atoms with Gasteiger partial charge in [0.25, 0.3) is 0 Å². The van der Waals surface area contributed by atoms with Crippen molar-refractivity contribution in [2.24, 2.45) is 0 Å². The summed E-state index contributed by atoms with van der Waals surface area (Å²) < 4.78 is 34.1. The van der Waals surface area contributed by atoms with Gasteiger partial charge >= 0.3 is 0 Å². The van der Waals surface area contributed by atoms with Gasteiger partial charge in [-0.05, 0) is 19.3 Å². The third kappa shape index (κ3) is 22.7. The third-order valence-corrected chi connectivity index (χ3v) is 14.1. The van der Waals surface area contributed by atoms with Crippen molar-refractivity contribution in [3.8, 4) is 0 Å². The highest BCUT2D eigenvalue weighted by atomic mass is 16.8. The number of carbonyl (C=O) groups excluding carboxylic acids is 1. The van der Waals surface area contributed by atoms with Gasteiger partial charge < -0.3 is 89.9 Å². The van der Waals surface area contributed by atoms with Crippen LogP contribution in [-0.4, -0.2) is 193 Å². The van der Waals surface area contributed by atoms with Gasteiger partial charge in [0.15, 0.2) is 18.9 Å². The maximum absolute atomic E-state index is 13.2. The highest BCUT2D eigenvalue weighted by molar-refractivity contribution is 5.76. The number of ether oxygens (including phenoxy) is 6. The summed E-state index contributed by atoms with van der Waals surface area (Å²) in [4.78, 5) is 13.2. The number of amides is 1. The van der Waals surface area contributed by atoms with Gasteiger partial charge in [0.1, 0.15) is 73.2 Å². The lowest BCUT2D eigenvalue weighted by Crippen LogP contribution is -2.66. The molecule has 17 atom stereocenters. The van der Waals surface area contributed by atoms with E-state index in [-0.39, 0.29) is 18.9 Å². The molecule has 0 saturated carbocycles. The van der Waals surface area contributed by atoms with Crippen molar-refractivity contribution in [3.63, 3.8) is 0 Å². The highest BCUT2D eigenvalue weighted by Crippen LogP contribution is 2.33. The summed E-state index contributed by atoms with van der Waals surface area (Å²) in [5.74, 6) is -0.276. The van der Waals surface area contributed by atoms with E-state index < -0.39 is 124 Å². The van der Waals surface area contributed by atoms with Gasteiger partial charge in [-0.25, -0.2) is 0 Å². The number of hydrogen-bond acceptors (Lipinski definition) is 18. The fourth-order valence-corrected chi connectivity index (χ4v) is 9.48. The topological polar surface area (TPSA) is 307 Å². The summed E-state index contributed by atoms with van der Waals surface area (Å²) >= 11 is 0. The lowest BCUT2D eigenvalue weighted by atomic mass is 9.96. The van der Waals surface area contributed by atoms with Crippen LogP contribution in [0.3, 0.4) is 0 Å². The zero-order chi connectivity index (χ0) is 52.0. The van der Waals surface area contributed by atoms with Crippen LogP contribution < -0.4 is 5.32 Å². The minimum Gasteiger partial charge on any atom is -0.394 e. The van der Waals surface area contributed by atoms with Crippen molar-refractivity contribution < 1.29 is 89.4 Å². The van der Waals surface area contributed by atoms with Crippen molar-refractivity contribution >= 4 is 5.91 Å². The van der Waals surface area contributed by atoms with Crippen LogP contribution >= 0.6 is 0 Å². The SMILES string of the molecule is CCCCCCCCCC/C=C/C(O)C(COC1OC(CO)C(OC2OC(CO)C(OC3OC(CO)C(O)C(O)C3O)C(O)C2O)C(O)C1O)NC(=O)CCCCCCCCCCCCCCCCCC. The van der Waals surface area contributed by atoms with Crippen LogP contribution in [0.4, 0.5) is 0 Å². The van der Waals surface area contributed by atoms with E-state index in [1.807, 2.05) is 6.08 Å². The summed E-state index contributed by atoms with van der Waals surface area (Å²) in [6, 6.07) is -0.964. The number of unbranched alkanes of at least 4 members (excludes halogenated alkanes) is 23. The van der Waals surface area contributed by atoms with Gasteiger partial charge in [-0.3, -0.25) is 4.79 Å². The Balaban J connectivity index is 1.53. The van der Waals surface area contributed by atoms with E-state index in [9.17, 15) is 61.0 Å². The molecule has 17 unspecified atom stereocenters. The van der Waals surface area contributed by atoms with Crippen LogP contribution in [0.5, 0.6) is 0 Å². The van der Waals surface area contributed by atoms with E-state index in [4.69, 9.17) is 28.4 Å². The lowest BCUT2D eigenvalue weighted by Gasteiger charge is -2.48. The number of hydrogen-bond donors (Lipinski definition) is 12. The number of allylic oxidation sites excluding steroid dienone is 1. The quantitative estimate of drug-likeness (QED) is 0.0311. The second-order valence-corrected chi connectivity index (χ2v) is 20.1. The van der Waals surface area contributed by atoms with E-state index in [0.29, 0.717) is 6.42 Å². The second-order valence-electron chi connectivity index (χ2n) is 20.1. The largest absolute Gasteiger partial charge is 0.394 e. The van der Waals surface area contributed by atoms with Crippen molar-refractivity contribution in [1.82, 2.24) is 5.32 Å². The van der Waals surface area contributed by atoms with Gasteiger partial charge in [-0.1, -0.05) is 167 Å². The lowest BCUT2D eigenvalue weighted by molar-refractivity contribution is -0.379. The molecule has 0 aromatic carbocycles. The summed E-state index contributed by atoms with van der Waals surface area (Å²) in [6.45, 7) is 1.68. The zero-order valence-electron chi connectivity index (χ0n) is 43.0. The Hall–Kier alpha value is -1.47. The standard InChI is InChI=1S/C52H97NO18/c1-3-5-7-9-11-13-15-16-17-18-19-20-22-24-26-28-30-40(58)53-35(36(57)29-27-25-23-21-14-12-10-8-6-4-2)34-66-50-46(64)43(61)48(38(32-55)68-50)71-52-47(65)44(62)49(39(33-56)69-52)70-51-45(63)42(60)41(59)37(31-54)67-51/h27,29,35-39,41-52,54-57,59-65H,3-26,28,30-34H2,1-2H3,(H,53,58)/b29-27+. The minimum atomic E-state index is -1.97. The Morgan fingerprint density at radius 3 is 1.32 bits per heavy atom. The van der Waals surface area contributed by atoms with E-state index in [1.165, 1.54) is 109 Å². The fraction of sp³-hybridized carbons (Fsp3) is 0.942. The molecule has 3 aliphatic rings. The highest BCUT2D eigenvalue weighted by Gasteiger charge is 2.53. The third-order valence-electron chi connectivity index (χ3n) is 14.1. The molecule has 19 nitrogen and oxygen atoms in total. The molecule has 1 amide bonds. The van der Waals surface area contributed by atoms with E-state index >= 15 is 0 Å². The number of nitrogens with one attached hydrogen (secondary N) is 1. The molecule has 71 heavy (non-hydrogen) atoms. The molecule has 3 aliphatic heterocycles. The summed E-state index contributed by atoms with van der Waals surface area (Å²) in [5, 5.41) is 120. The molecule has 12 N–H and O–H groups in total. The molecular formula is C52H97NO18. The number of carbonyl (C=O) groups is 1. The fourth-order valence-electron chi connectivity index (χ4n) is 9.48. The van der Waals surface area contributed by atoms with Gasteiger partial charge in [0, 0.05) is 6.42 Å². The first-order valence-corrected chi connectivity index (χ1v) is 27.4. The van der Waals surface area contributed by atoms with Crippen molar-refractivity contribution in [3.05, 3.63) is 12.2 Å². The van der Waals surface area contributed by atoms with Crippen LogP contribution in [0.15, 0.2) is 12.2 Å². The van der Waals surface area contributed by atoms with Gasteiger partial charge in [-0.2, -0.15) is 0 Å². The van der Waals surface area contributed by atoms with Crippen molar-refractivity contribution in [1.29, 1.82) is 0 Å². The molecule has 3 fully saturated rings. The molecule has 0 aromatic rings. The number of aliphatic hydroxyl groups is 11. The van der Waals surface area contributed by atoms with Gasteiger partial charge in [0.05, 0.1) is 38.6 Å². The minimum absolute atomic E-state index is 0.248. The molecule has 0 spiro atoms. The Morgan fingerprint density at radius 1 is 0.493 bits per heavy atom. The molecular weight excluding hydrogens is 927 g/mol. The Labute approximate surface area is 423 Å². The normalized spacial score (nSPS) is 32.3. The molecule has 3 saturated heterocycles. The number of rotatable bonds is 39. The zero-order valence-corrected chi connectivity index (χ0v) is 43.0. The van der Waals surface area contributed by atoms with E-state index in [0.717, 1.165) is 44.9 Å². The number of aliphatic hydroxyl groups excluding tert-OH is 11. The molecule has 19 heteroatoms. The van der Waals surface area contributed by atoms with Crippen molar-refractivity contribution in [2.75, 3.05) is 26.4 Å². The maximum Gasteiger partial charge on any atom is 0.220 e. The smallest absolute Gasteiger partial charge is 0.220 e. The molecule has 0 radical (unpaired) electrons. The Bertz CT molecular complexity index is 1360. The van der Waals surface area contributed by atoms with Crippen LogP contribution in [0.25, 0.3) is 0 Å². The van der Waals surface area contributed by atoms with Crippen LogP contribution in [-0.2, 0) is 33.2 Å². The van der Waals surface area contributed by atoms with Crippen LogP contribution in [0.2, 0.25) is 0 Å². The van der Waals surface area contributed by atoms with Crippen LogP contribution in [0, 0.1) is 0 Å². The second kappa shape index (κ2) is 37.3. The van der Waals surface area contributed by atoms with Crippen molar-refractivity contribution in [2.45, 2.75) is 285 Å². The van der Waals surface area contributed by atoms with Gasteiger partial charge in [0.2, 0.25) is 5.91 Å². The van der Waals surface area contributed by atoms with Crippen LogP contribution in [0.1, 0.15) is 181 Å². The molecule has 0 aromatic heterocycles. The average Bonchev–Trinajstić information content (AvgIpc) is 3.36. The maximum atomic E-state index is 13.2.